The lowest BCUT2D eigenvalue weighted by atomic mass is 10.3. The molecule has 1 aromatic carbocycles. The summed E-state index contributed by atoms with van der Waals surface area (Å²) < 4.78 is 18.1. The van der Waals surface area contributed by atoms with Gasteiger partial charge in [0.15, 0.2) is 0 Å². The van der Waals surface area contributed by atoms with E-state index in [0.717, 1.165) is 19.6 Å². The monoisotopic (exact) mass is 212 g/mol. The van der Waals surface area contributed by atoms with Crippen molar-refractivity contribution in [3.63, 3.8) is 0 Å². The molecule has 0 bridgehead atoms. The number of halogens is 1. The highest BCUT2D eigenvalue weighted by atomic mass is 19.1. The standard InChI is InChI=1S/C11H17FN2O/c1-3-13-6-7-14-10-8-9(12)4-5-11(10)15-2/h4-5,8,13-14H,3,6-7H2,1-2H3. The Hall–Kier alpha value is -1.29. The van der Waals surface area contributed by atoms with E-state index in [-0.39, 0.29) is 5.82 Å². The molecule has 2 N–H and O–H groups in total. The molecule has 1 rings (SSSR count). The highest BCUT2D eigenvalue weighted by Gasteiger charge is 2.02. The third kappa shape index (κ3) is 3.75. The third-order valence-electron chi connectivity index (χ3n) is 2.03. The van der Waals surface area contributed by atoms with Crippen LogP contribution in [0.2, 0.25) is 0 Å². The molecule has 1 aromatic rings. The van der Waals surface area contributed by atoms with Crippen LogP contribution in [0.5, 0.6) is 5.75 Å². The van der Waals surface area contributed by atoms with Gasteiger partial charge in [-0.05, 0) is 18.7 Å². The predicted molar refractivity (Wildman–Crippen MR) is 60.0 cm³/mol. The second-order valence-electron chi connectivity index (χ2n) is 3.12. The Kier molecular flexibility index (Phi) is 4.90. The van der Waals surface area contributed by atoms with Crippen molar-refractivity contribution in [3.8, 4) is 5.75 Å². The molecule has 0 aliphatic rings. The predicted octanol–water partition coefficient (Wildman–Crippen LogP) is 1.86. The maximum atomic E-state index is 12.9. The van der Waals surface area contributed by atoms with Crippen LogP contribution in [0.25, 0.3) is 0 Å². The molecule has 4 heteroatoms. The summed E-state index contributed by atoms with van der Waals surface area (Å²) in [5.74, 6) is 0.398. The van der Waals surface area contributed by atoms with Crippen LogP contribution >= 0.6 is 0 Å². The van der Waals surface area contributed by atoms with Gasteiger partial charge in [0.1, 0.15) is 11.6 Å². The summed E-state index contributed by atoms with van der Waals surface area (Å²) in [4.78, 5) is 0. The molecule has 0 aromatic heterocycles. The summed E-state index contributed by atoms with van der Waals surface area (Å²) in [7, 11) is 1.57. The van der Waals surface area contributed by atoms with Crippen LogP contribution < -0.4 is 15.4 Å². The molecule has 0 saturated carbocycles. The van der Waals surface area contributed by atoms with E-state index in [1.54, 1.807) is 13.2 Å². The second-order valence-corrected chi connectivity index (χ2v) is 3.12. The molecule has 0 fully saturated rings. The summed E-state index contributed by atoms with van der Waals surface area (Å²) >= 11 is 0. The van der Waals surface area contributed by atoms with Crippen molar-refractivity contribution in [1.82, 2.24) is 5.32 Å². The van der Waals surface area contributed by atoms with E-state index < -0.39 is 0 Å². The van der Waals surface area contributed by atoms with Gasteiger partial charge < -0.3 is 15.4 Å². The minimum atomic E-state index is -0.262. The largest absolute Gasteiger partial charge is 0.495 e. The third-order valence-corrected chi connectivity index (χ3v) is 2.03. The average Bonchev–Trinajstić information content (AvgIpc) is 2.25. The summed E-state index contributed by atoms with van der Waals surface area (Å²) in [6.45, 7) is 4.56. The quantitative estimate of drug-likeness (QED) is 0.706. The van der Waals surface area contributed by atoms with Crippen molar-refractivity contribution in [3.05, 3.63) is 24.0 Å². The van der Waals surface area contributed by atoms with Gasteiger partial charge in [-0.1, -0.05) is 6.92 Å². The van der Waals surface area contributed by atoms with Crippen molar-refractivity contribution >= 4 is 5.69 Å². The van der Waals surface area contributed by atoms with Crippen LogP contribution in [0.1, 0.15) is 6.92 Å². The fraction of sp³-hybridized carbons (Fsp3) is 0.455. The molecule has 0 radical (unpaired) electrons. The highest BCUT2D eigenvalue weighted by Crippen LogP contribution is 2.24. The van der Waals surface area contributed by atoms with E-state index in [1.165, 1.54) is 12.1 Å². The number of rotatable bonds is 6. The summed E-state index contributed by atoms with van der Waals surface area (Å²) in [5, 5.41) is 6.29. The molecular weight excluding hydrogens is 195 g/mol. The second kappa shape index (κ2) is 6.24. The van der Waals surface area contributed by atoms with Crippen LogP contribution in [0.4, 0.5) is 10.1 Å². The number of hydrogen-bond donors (Lipinski definition) is 2. The van der Waals surface area contributed by atoms with E-state index in [4.69, 9.17) is 4.74 Å². The molecule has 0 aliphatic heterocycles. The van der Waals surface area contributed by atoms with E-state index in [1.807, 2.05) is 6.92 Å². The van der Waals surface area contributed by atoms with Crippen molar-refractivity contribution in [2.24, 2.45) is 0 Å². The van der Waals surface area contributed by atoms with Crippen molar-refractivity contribution in [2.45, 2.75) is 6.92 Å². The van der Waals surface area contributed by atoms with E-state index in [0.29, 0.717) is 11.4 Å². The Morgan fingerprint density at radius 1 is 1.33 bits per heavy atom. The first-order valence-electron chi connectivity index (χ1n) is 5.06. The zero-order valence-corrected chi connectivity index (χ0v) is 9.14. The fourth-order valence-electron chi connectivity index (χ4n) is 1.28. The van der Waals surface area contributed by atoms with E-state index in [2.05, 4.69) is 10.6 Å². The lowest BCUT2D eigenvalue weighted by molar-refractivity contribution is 0.415. The van der Waals surface area contributed by atoms with Crippen molar-refractivity contribution in [1.29, 1.82) is 0 Å². The zero-order chi connectivity index (χ0) is 11.1. The number of likely N-dealkylation sites (N-methyl/N-ethyl adjacent to an activating group) is 1. The van der Waals surface area contributed by atoms with Gasteiger partial charge in [0.05, 0.1) is 12.8 Å². The molecule has 0 spiro atoms. The molecule has 0 saturated heterocycles. The van der Waals surface area contributed by atoms with Gasteiger partial charge in [0, 0.05) is 19.2 Å². The number of nitrogens with one attached hydrogen (secondary N) is 2. The molecule has 0 atom stereocenters. The number of methoxy groups -OCH3 is 1. The topological polar surface area (TPSA) is 33.3 Å². The van der Waals surface area contributed by atoms with E-state index in [9.17, 15) is 4.39 Å². The van der Waals surface area contributed by atoms with Gasteiger partial charge in [-0.25, -0.2) is 4.39 Å². The smallest absolute Gasteiger partial charge is 0.142 e. The van der Waals surface area contributed by atoms with Gasteiger partial charge in [-0.2, -0.15) is 0 Å². The molecule has 0 aliphatic carbocycles. The molecule has 0 heterocycles. The molecule has 84 valence electrons. The van der Waals surface area contributed by atoms with Gasteiger partial charge >= 0.3 is 0 Å². The Bertz CT molecular complexity index is 305. The number of anilines is 1. The van der Waals surface area contributed by atoms with Crippen LogP contribution in [-0.4, -0.2) is 26.7 Å². The van der Waals surface area contributed by atoms with Crippen LogP contribution in [0.15, 0.2) is 18.2 Å². The summed E-state index contributed by atoms with van der Waals surface area (Å²) in [6, 6.07) is 4.43. The highest BCUT2D eigenvalue weighted by molar-refractivity contribution is 5.56. The van der Waals surface area contributed by atoms with Crippen LogP contribution in [-0.2, 0) is 0 Å². The van der Waals surface area contributed by atoms with E-state index >= 15 is 0 Å². The number of hydrogen-bond acceptors (Lipinski definition) is 3. The lowest BCUT2D eigenvalue weighted by Crippen LogP contribution is -2.21. The molecule has 15 heavy (non-hydrogen) atoms. The SMILES string of the molecule is CCNCCNc1cc(F)ccc1OC. The van der Waals surface area contributed by atoms with Crippen LogP contribution in [0, 0.1) is 5.82 Å². The Morgan fingerprint density at radius 3 is 2.80 bits per heavy atom. The maximum absolute atomic E-state index is 12.9. The number of benzene rings is 1. The minimum Gasteiger partial charge on any atom is -0.495 e. The Labute approximate surface area is 89.6 Å². The summed E-state index contributed by atoms with van der Waals surface area (Å²) in [5.41, 5.74) is 0.690. The molecular formula is C11H17FN2O. The fourth-order valence-corrected chi connectivity index (χ4v) is 1.28. The normalized spacial score (nSPS) is 10.1. The first-order valence-corrected chi connectivity index (χ1v) is 5.06. The Morgan fingerprint density at radius 2 is 2.13 bits per heavy atom. The zero-order valence-electron chi connectivity index (χ0n) is 9.14. The average molecular weight is 212 g/mol. The van der Waals surface area contributed by atoms with Gasteiger partial charge in [-0.3, -0.25) is 0 Å². The first kappa shape index (κ1) is 11.8. The van der Waals surface area contributed by atoms with Gasteiger partial charge in [0.2, 0.25) is 0 Å². The molecule has 3 nitrogen and oxygen atoms in total. The first-order chi connectivity index (χ1) is 7.27. The van der Waals surface area contributed by atoms with Crippen molar-refractivity contribution in [2.75, 3.05) is 32.1 Å². The van der Waals surface area contributed by atoms with Gasteiger partial charge in [0.25, 0.3) is 0 Å². The number of ether oxygens (including phenoxy) is 1. The van der Waals surface area contributed by atoms with Crippen LogP contribution in [0.3, 0.4) is 0 Å². The van der Waals surface area contributed by atoms with Gasteiger partial charge in [-0.15, -0.1) is 0 Å². The lowest BCUT2D eigenvalue weighted by Gasteiger charge is -2.11. The molecule has 0 unspecified atom stereocenters. The maximum Gasteiger partial charge on any atom is 0.142 e. The summed E-state index contributed by atoms with van der Waals surface area (Å²) in [6.07, 6.45) is 0. The van der Waals surface area contributed by atoms with Crippen molar-refractivity contribution < 1.29 is 9.13 Å². The Balaban J connectivity index is 2.54. The minimum absolute atomic E-state index is 0.262. The molecule has 0 amide bonds.